The number of benzene rings is 2. The Hall–Kier alpha value is -3.62. The first-order valence-electron chi connectivity index (χ1n) is 8.19. The number of amides is 1. The smallest absolute Gasteiger partial charge is 0.416 e. The summed E-state index contributed by atoms with van der Waals surface area (Å²) >= 11 is 0. The molecule has 0 aliphatic heterocycles. The fraction of sp³-hybridized carbons (Fsp3) is 0.150. The Bertz CT molecular complexity index is 920. The van der Waals surface area contributed by atoms with Crippen molar-refractivity contribution >= 4 is 29.6 Å². The molecule has 9 heteroatoms. The molecular weight excluding hydrogens is 391 g/mol. The molecule has 0 aliphatic carbocycles. The molecule has 0 fully saturated rings. The first-order valence-corrected chi connectivity index (χ1v) is 8.19. The molecule has 152 valence electrons. The molecule has 0 spiro atoms. The van der Waals surface area contributed by atoms with Gasteiger partial charge in [0.2, 0.25) is 0 Å². The summed E-state index contributed by atoms with van der Waals surface area (Å²) in [6, 6.07) is 10.3. The summed E-state index contributed by atoms with van der Waals surface area (Å²) in [5, 5.41) is 2.22. The van der Waals surface area contributed by atoms with Crippen molar-refractivity contribution in [1.29, 1.82) is 0 Å². The number of anilines is 1. The summed E-state index contributed by atoms with van der Waals surface area (Å²) in [6.45, 7) is -0.666. The Kier molecular flexibility index (Phi) is 7.13. The maximum absolute atomic E-state index is 12.7. The predicted molar refractivity (Wildman–Crippen MR) is 97.8 cm³/mol. The van der Waals surface area contributed by atoms with Crippen molar-refractivity contribution in [3.63, 3.8) is 0 Å². The van der Waals surface area contributed by atoms with Crippen molar-refractivity contribution < 1.29 is 37.0 Å². The van der Waals surface area contributed by atoms with Crippen molar-refractivity contribution in [2.24, 2.45) is 0 Å². The number of rotatable bonds is 6. The third-order valence-electron chi connectivity index (χ3n) is 3.56. The van der Waals surface area contributed by atoms with Crippen LogP contribution in [0.2, 0.25) is 0 Å². The van der Waals surface area contributed by atoms with E-state index in [1.807, 2.05) is 0 Å². The van der Waals surface area contributed by atoms with E-state index >= 15 is 0 Å². The van der Waals surface area contributed by atoms with Gasteiger partial charge in [-0.25, -0.2) is 9.59 Å². The van der Waals surface area contributed by atoms with Crippen LogP contribution in [0.3, 0.4) is 0 Å². The standard InChI is InChI=1S/C20H16F3NO5/c1-28-19(27)14-8-5-13(6-9-14)7-10-18(26)29-12-17(25)24-16-4-2-3-15(11-16)20(21,22)23/h2-11H,12H2,1H3,(H,24,25)/b10-7+. The van der Waals surface area contributed by atoms with Crippen LogP contribution in [0.15, 0.2) is 54.6 Å². The highest BCUT2D eigenvalue weighted by molar-refractivity contribution is 5.95. The Morgan fingerprint density at radius 2 is 1.76 bits per heavy atom. The van der Waals surface area contributed by atoms with E-state index in [9.17, 15) is 27.6 Å². The predicted octanol–water partition coefficient (Wildman–Crippen LogP) is 3.69. The monoisotopic (exact) mass is 407 g/mol. The fourth-order valence-corrected chi connectivity index (χ4v) is 2.17. The van der Waals surface area contributed by atoms with Crippen LogP contribution in [0.25, 0.3) is 6.08 Å². The molecule has 0 unspecified atom stereocenters. The van der Waals surface area contributed by atoms with Crippen LogP contribution in [-0.4, -0.2) is 31.6 Å². The zero-order valence-electron chi connectivity index (χ0n) is 15.2. The van der Waals surface area contributed by atoms with Crippen molar-refractivity contribution in [2.75, 3.05) is 19.0 Å². The van der Waals surface area contributed by atoms with Crippen molar-refractivity contribution in [3.05, 3.63) is 71.3 Å². The first kappa shape index (κ1) is 21.7. The van der Waals surface area contributed by atoms with Gasteiger partial charge in [0.05, 0.1) is 18.2 Å². The van der Waals surface area contributed by atoms with Gasteiger partial charge in [-0.05, 0) is 42.0 Å². The van der Waals surface area contributed by atoms with E-state index in [0.717, 1.165) is 24.3 Å². The maximum atomic E-state index is 12.7. The molecule has 0 saturated carbocycles. The summed E-state index contributed by atoms with van der Waals surface area (Å²) in [7, 11) is 1.26. The van der Waals surface area contributed by atoms with Crippen LogP contribution in [0, 0.1) is 0 Å². The van der Waals surface area contributed by atoms with E-state index in [2.05, 4.69) is 10.1 Å². The molecule has 1 amide bonds. The molecule has 0 aromatic heterocycles. The van der Waals surface area contributed by atoms with Gasteiger partial charge in [-0.1, -0.05) is 18.2 Å². The minimum Gasteiger partial charge on any atom is -0.465 e. The molecule has 0 radical (unpaired) electrons. The van der Waals surface area contributed by atoms with Gasteiger partial charge in [-0.2, -0.15) is 13.2 Å². The minimum absolute atomic E-state index is 0.0675. The van der Waals surface area contributed by atoms with E-state index in [0.29, 0.717) is 11.1 Å². The van der Waals surface area contributed by atoms with Gasteiger partial charge in [-0.3, -0.25) is 4.79 Å². The SMILES string of the molecule is COC(=O)c1ccc(/C=C/C(=O)OCC(=O)Nc2cccc(C(F)(F)F)c2)cc1. The highest BCUT2D eigenvalue weighted by Gasteiger charge is 2.30. The summed E-state index contributed by atoms with van der Waals surface area (Å²) in [5.41, 5.74) is -0.0305. The quantitative estimate of drug-likeness (QED) is 0.584. The van der Waals surface area contributed by atoms with Gasteiger partial charge in [0, 0.05) is 11.8 Å². The normalized spacial score (nSPS) is 11.2. The number of carbonyl (C=O) groups is 3. The topological polar surface area (TPSA) is 81.7 Å². The molecule has 0 heterocycles. The number of hydrogen-bond donors (Lipinski definition) is 1. The number of carbonyl (C=O) groups excluding carboxylic acids is 3. The zero-order chi connectivity index (χ0) is 21.4. The number of nitrogens with one attached hydrogen (secondary N) is 1. The van der Waals surface area contributed by atoms with E-state index in [4.69, 9.17) is 4.74 Å². The molecule has 1 N–H and O–H groups in total. The lowest BCUT2D eigenvalue weighted by molar-refractivity contribution is -0.142. The van der Waals surface area contributed by atoms with Crippen LogP contribution in [-0.2, 0) is 25.2 Å². The van der Waals surface area contributed by atoms with E-state index in [1.54, 1.807) is 12.1 Å². The largest absolute Gasteiger partial charge is 0.465 e. The average molecular weight is 407 g/mol. The van der Waals surface area contributed by atoms with Gasteiger partial charge in [0.15, 0.2) is 6.61 Å². The molecular formula is C20H16F3NO5. The van der Waals surface area contributed by atoms with E-state index in [-0.39, 0.29) is 5.69 Å². The van der Waals surface area contributed by atoms with E-state index < -0.39 is 36.2 Å². The van der Waals surface area contributed by atoms with Crippen molar-refractivity contribution in [3.8, 4) is 0 Å². The maximum Gasteiger partial charge on any atom is 0.416 e. The highest BCUT2D eigenvalue weighted by atomic mass is 19.4. The molecule has 2 aromatic rings. The summed E-state index contributed by atoms with van der Waals surface area (Å²) < 4.78 is 47.3. The summed E-state index contributed by atoms with van der Waals surface area (Å²) in [6.07, 6.45) is -2.05. The Morgan fingerprint density at radius 3 is 2.38 bits per heavy atom. The summed E-state index contributed by atoms with van der Waals surface area (Å²) in [4.78, 5) is 34.7. The molecule has 0 aliphatic rings. The molecule has 6 nitrogen and oxygen atoms in total. The molecule has 0 saturated heterocycles. The summed E-state index contributed by atoms with van der Waals surface area (Å²) in [5.74, 6) is -2.10. The van der Waals surface area contributed by atoms with Crippen LogP contribution >= 0.6 is 0 Å². The molecule has 0 atom stereocenters. The average Bonchev–Trinajstić information content (AvgIpc) is 2.70. The van der Waals surface area contributed by atoms with Gasteiger partial charge >= 0.3 is 18.1 Å². The van der Waals surface area contributed by atoms with Crippen molar-refractivity contribution in [2.45, 2.75) is 6.18 Å². The lowest BCUT2D eigenvalue weighted by Crippen LogP contribution is -2.20. The van der Waals surface area contributed by atoms with Gasteiger partial charge in [0.1, 0.15) is 0 Å². The van der Waals surface area contributed by atoms with Crippen LogP contribution in [0.4, 0.5) is 18.9 Å². The second-order valence-corrected chi connectivity index (χ2v) is 5.68. The Labute approximate surface area is 163 Å². The molecule has 2 aromatic carbocycles. The van der Waals surface area contributed by atoms with Gasteiger partial charge in [0.25, 0.3) is 5.91 Å². The number of esters is 2. The Balaban J connectivity index is 1.85. The number of alkyl halides is 3. The van der Waals surface area contributed by atoms with E-state index in [1.165, 1.54) is 31.4 Å². The van der Waals surface area contributed by atoms with Crippen LogP contribution in [0.1, 0.15) is 21.5 Å². The van der Waals surface area contributed by atoms with Gasteiger partial charge in [-0.15, -0.1) is 0 Å². The fourth-order valence-electron chi connectivity index (χ4n) is 2.17. The molecule has 0 bridgehead atoms. The van der Waals surface area contributed by atoms with Gasteiger partial charge < -0.3 is 14.8 Å². The minimum atomic E-state index is -4.53. The molecule has 29 heavy (non-hydrogen) atoms. The third-order valence-corrected chi connectivity index (χ3v) is 3.56. The lowest BCUT2D eigenvalue weighted by atomic mass is 10.1. The van der Waals surface area contributed by atoms with Crippen molar-refractivity contribution in [1.82, 2.24) is 0 Å². The lowest BCUT2D eigenvalue weighted by Gasteiger charge is -2.09. The number of hydrogen-bond acceptors (Lipinski definition) is 5. The number of ether oxygens (including phenoxy) is 2. The Morgan fingerprint density at radius 1 is 1.07 bits per heavy atom. The number of methoxy groups -OCH3 is 1. The van der Waals surface area contributed by atoms with Crippen LogP contribution < -0.4 is 5.32 Å². The zero-order valence-corrected chi connectivity index (χ0v) is 15.2. The highest BCUT2D eigenvalue weighted by Crippen LogP contribution is 2.30. The second kappa shape index (κ2) is 9.54. The number of halogens is 3. The first-order chi connectivity index (χ1) is 13.7. The third kappa shape index (κ3) is 6.80. The second-order valence-electron chi connectivity index (χ2n) is 5.68. The molecule has 2 rings (SSSR count). The van der Waals surface area contributed by atoms with Crippen LogP contribution in [0.5, 0.6) is 0 Å².